The Balaban J connectivity index is 1.10. The van der Waals surface area contributed by atoms with Gasteiger partial charge in [-0.05, 0) is 37.6 Å². The second-order valence-electron chi connectivity index (χ2n) is 8.74. The van der Waals surface area contributed by atoms with E-state index >= 15 is 0 Å². The van der Waals surface area contributed by atoms with Crippen LogP contribution in [0.3, 0.4) is 0 Å². The Bertz CT molecular complexity index is 1220. The molecule has 0 aliphatic carbocycles. The lowest BCUT2D eigenvalue weighted by Gasteiger charge is -2.34. The van der Waals surface area contributed by atoms with Crippen LogP contribution in [0.15, 0.2) is 36.7 Å². The molecule has 0 atom stereocenters. The number of benzene rings is 1. The maximum atomic E-state index is 12.6. The van der Waals surface area contributed by atoms with Gasteiger partial charge in [-0.1, -0.05) is 6.07 Å². The molecule has 0 radical (unpaired) electrons. The number of hydrogen-bond acceptors (Lipinski definition) is 8. The molecule has 0 N–H and O–H groups in total. The van der Waals surface area contributed by atoms with Gasteiger partial charge in [0.05, 0.1) is 11.8 Å². The number of piperazine rings is 1. The third kappa shape index (κ3) is 4.54. The van der Waals surface area contributed by atoms with Crippen molar-refractivity contribution in [2.75, 3.05) is 39.6 Å². The Morgan fingerprint density at radius 1 is 1.06 bits per heavy atom. The standard InChI is InChI=1S/C24H27N5O5/c1-16(2)29-23-18(12-26-29)10-19(11-25-23)24(31)32-14-22(30)28-7-5-27(6-8-28)13-17-3-4-20-21(9-17)34-15-33-20/h3-4,9-12,16H,5-8,13-15H2,1-2H3. The number of fused-ring (bicyclic) bond motifs is 2. The molecule has 178 valence electrons. The summed E-state index contributed by atoms with van der Waals surface area (Å²) in [5.74, 6) is 0.783. The molecule has 3 aromatic rings. The van der Waals surface area contributed by atoms with E-state index in [1.807, 2.05) is 32.0 Å². The average Bonchev–Trinajstić information content (AvgIpc) is 3.49. The van der Waals surface area contributed by atoms with E-state index in [4.69, 9.17) is 14.2 Å². The van der Waals surface area contributed by atoms with Crippen molar-refractivity contribution in [2.45, 2.75) is 26.4 Å². The first-order valence-corrected chi connectivity index (χ1v) is 11.4. The second-order valence-corrected chi connectivity index (χ2v) is 8.74. The lowest BCUT2D eigenvalue weighted by atomic mass is 10.1. The Hall–Kier alpha value is -3.66. The number of hydrogen-bond donors (Lipinski definition) is 0. The number of pyridine rings is 1. The summed E-state index contributed by atoms with van der Waals surface area (Å²) in [4.78, 5) is 33.4. The highest BCUT2D eigenvalue weighted by Gasteiger charge is 2.23. The van der Waals surface area contributed by atoms with Gasteiger partial charge in [0.1, 0.15) is 0 Å². The van der Waals surface area contributed by atoms with Gasteiger partial charge in [0.15, 0.2) is 23.8 Å². The van der Waals surface area contributed by atoms with Crippen molar-refractivity contribution in [3.05, 3.63) is 47.8 Å². The fourth-order valence-corrected chi connectivity index (χ4v) is 4.18. The van der Waals surface area contributed by atoms with Crippen molar-refractivity contribution in [1.82, 2.24) is 24.6 Å². The van der Waals surface area contributed by atoms with E-state index < -0.39 is 5.97 Å². The lowest BCUT2D eigenvalue weighted by Crippen LogP contribution is -2.49. The number of aromatic nitrogens is 3. The van der Waals surface area contributed by atoms with Gasteiger partial charge in [-0.25, -0.2) is 14.5 Å². The lowest BCUT2D eigenvalue weighted by molar-refractivity contribution is -0.136. The van der Waals surface area contributed by atoms with Gasteiger partial charge in [0, 0.05) is 50.3 Å². The smallest absolute Gasteiger partial charge is 0.340 e. The third-order valence-electron chi connectivity index (χ3n) is 6.05. The molecular formula is C24H27N5O5. The van der Waals surface area contributed by atoms with Crippen LogP contribution in [0.5, 0.6) is 11.5 Å². The summed E-state index contributed by atoms with van der Waals surface area (Å²) in [6, 6.07) is 7.81. The van der Waals surface area contributed by atoms with E-state index in [1.165, 1.54) is 6.20 Å². The second kappa shape index (κ2) is 9.30. The molecule has 1 saturated heterocycles. The highest BCUT2D eigenvalue weighted by molar-refractivity contribution is 5.94. The quantitative estimate of drug-likeness (QED) is 0.511. The molecule has 5 rings (SSSR count). The molecule has 10 heteroatoms. The molecule has 0 unspecified atom stereocenters. The van der Waals surface area contributed by atoms with Crippen LogP contribution in [-0.2, 0) is 16.1 Å². The van der Waals surface area contributed by atoms with Gasteiger partial charge in [0.2, 0.25) is 6.79 Å². The van der Waals surface area contributed by atoms with Crippen molar-refractivity contribution >= 4 is 22.9 Å². The number of carbonyl (C=O) groups is 2. The average molecular weight is 466 g/mol. The van der Waals surface area contributed by atoms with Crippen molar-refractivity contribution in [3.63, 3.8) is 0 Å². The highest BCUT2D eigenvalue weighted by Crippen LogP contribution is 2.32. The van der Waals surface area contributed by atoms with Crippen LogP contribution in [0.4, 0.5) is 0 Å². The predicted molar refractivity (Wildman–Crippen MR) is 123 cm³/mol. The maximum Gasteiger partial charge on any atom is 0.340 e. The van der Waals surface area contributed by atoms with E-state index in [2.05, 4.69) is 15.0 Å². The van der Waals surface area contributed by atoms with Crippen LogP contribution in [0.2, 0.25) is 0 Å². The van der Waals surface area contributed by atoms with Gasteiger partial charge in [-0.15, -0.1) is 0 Å². The molecule has 0 spiro atoms. The zero-order chi connectivity index (χ0) is 23.7. The molecular weight excluding hydrogens is 438 g/mol. The maximum absolute atomic E-state index is 12.6. The van der Waals surface area contributed by atoms with Gasteiger partial charge in [-0.2, -0.15) is 5.10 Å². The summed E-state index contributed by atoms with van der Waals surface area (Å²) in [6.45, 7) is 7.44. The zero-order valence-electron chi connectivity index (χ0n) is 19.3. The van der Waals surface area contributed by atoms with Crippen LogP contribution in [0.1, 0.15) is 35.8 Å². The minimum atomic E-state index is -0.568. The molecule has 1 fully saturated rings. The summed E-state index contributed by atoms with van der Waals surface area (Å²) in [5.41, 5.74) is 2.15. The minimum Gasteiger partial charge on any atom is -0.454 e. The van der Waals surface area contributed by atoms with Crippen LogP contribution in [-0.4, -0.2) is 76.0 Å². The highest BCUT2D eigenvalue weighted by atomic mass is 16.7. The van der Waals surface area contributed by atoms with Crippen LogP contribution in [0.25, 0.3) is 11.0 Å². The van der Waals surface area contributed by atoms with Gasteiger partial charge >= 0.3 is 5.97 Å². The number of ether oxygens (including phenoxy) is 3. The zero-order valence-corrected chi connectivity index (χ0v) is 19.3. The molecule has 1 amide bonds. The predicted octanol–water partition coefficient (Wildman–Crippen LogP) is 2.24. The Kier molecular flexibility index (Phi) is 6.06. The molecule has 0 bridgehead atoms. The molecule has 10 nitrogen and oxygen atoms in total. The van der Waals surface area contributed by atoms with Crippen molar-refractivity contribution < 1.29 is 23.8 Å². The van der Waals surface area contributed by atoms with Crippen molar-refractivity contribution in [1.29, 1.82) is 0 Å². The minimum absolute atomic E-state index is 0.165. The van der Waals surface area contributed by atoms with E-state index in [9.17, 15) is 9.59 Å². The summed E-state index contributed by atoms with van der Waals surface area (Å²) in [5, 5.41) is 5.06. The van der Waals surface area contributed by atoms with E-state index in [0.717, 1.165) is 42.1 Å². The summed E-state index contributed by atoms with van der Waals surface area (Å²) < 4.78 is 17.9. The Labute approximate surface area is 197 Å². The normalized spacial score (nSPS) is 15.8. The SMILES string of the molecule is CC(C)n1ncc2cc(C(=O)OCC(=O)N3CCN(Cc4ccc5c(c4)OCO5)CC3)cnc21. The van der Waals surface area contributed by atoms with Crippen molar-refractivity contribution in [3.8, 4) is 11.5 Å². The molecule has 2 aliphatic heterocycles. The third-order valence-corrected chi connectivity index (χ3v) is 6.05. The first-order valence-electron chi connectivity index (χ1n) is 11.4. The van der Waals surface area contributed by atoms with E-state index in [0.29, 0.717) is 24.3 Å². The van der Waals surface area contributed by atoms with Gasteiger partial charge in [0.25, 0.3) is 5.91 Å². The van der Waals surface area contributed by atoms with E-state index in [-0.39, 0.29) is 25.3 Å². The number of rotatable bonds is 6. The molecule has 1 aromatic carbocycles. The molecule has 34 heavy (non-hydrogen) atoms. The first kappa shape index (κ1) is 22.1. The molecule has 0 saturated carbocycles. The number of esters is 1. The van der Waals surface area contributed by atoms with Crippen LogP contribution >= 0.6 is 0 Å². The monoisotopic (exact) mass is 465 g/mol. The van der Waals surface area contributed by atoms with Crippen LogP contribution in [0, 0.1) is 0 Å². The summed E-state index contributed by atoms with van der Waals surface area (Å²) in [6.07, 6.45) is 3.14. The topological polar surface area (TPSA) is 99.0 Å². The van der Waals surface area contributed by atoms with Crippen molar-refractivity contribution in [2.24, 2.45) is 0 Å². The Morgan fingerprint density at radius 2 is 1.85 bits per heavy atom. The number of amides is 1. The van der Waals surface area contributed by atoms with E-state index in [1.54, 1.807) is 21.8 Å². The molecule has 4 heterocycles. The fourth-order valence-electron chi connectivity index (χ4n) is 4.18. The first-order chi connectivity index (χ1) is 16.5. The van der Waals surface area contributed by atoms with Crippen LogP contribution < -0.4 is 9.47 Å². The number of carbonyl (C=O) groups excluding carboxylic acids is 2. The Morgan fingerprint density at radius 3 is 2.65 bits per heavy atom. The summed E-state index contributed by atoms with van der Waals surface area (Å²) >= 11 is 0. The summed E-state index contributed by atoms with van der Waals surface area (Å²) in [7, 11) is 0. The van der Waals surface area contributed by atoms with Gasteiger partial charge < -0.3 is 19.1 Å². The van der Waals surface area contributed by atoms with Gasteiger partial charge in [-0.3, -0.25) is 9.69 Å². The number of nitrogens with zero attached hydrogens (tertiary/aromatic N) is 5. The molecule has 2 aliphatic rings. The molecule has 2 aromatic heterocycles. The largest absolute Gasteiger partial charge is 0.454 e. The fraction of sp³-hybridized carbons (Fsp3) is 0.417.